The summed E-state index contributed by atoms with van der Waals surface area (Å²) in [6.45, 7) is 12.5. The maximum absolute atomic E-state index is 6.80. The van der Waals surface area contributed by atoms with Gasteiger partial charge in [0.2, 0.25) is 0 Å². The Morgan fingerprint density at radius 1 is 1.48 bits per heavy atom. The molecule has 0 bridgehead atoms. The Balaban J connectivity index is 2.24. The van der Waals surface area contributed by atoms with E-state index in [1.54, 1.807) is 0 Å². The summed E-state index contributed by atoms with van der Waals surface area (Å²) in [6.07, 6.45) is 4.87. The first-order chi connectivity index (χ1) is 11.9. The van der Waals surface area contributed by atoms with Gasteiger partial charge >= 0.3 is 0 Å². The van der Waals surface area contributed by atoms with Gasteiger partial charge in [0.1, 0.15) is 0 Å². The topological polar surface area (TPSA) is 28.1 Å². The van der Waals surface area contributed by atoms with Gasteiger partial charge in [-0.2, -0.15) is 0 Å². The quantitative estimate of drug-likeness (QED) is 0.298. The number of aromatic amines is 1. The molecule has 0 saturated heterocycles. The number of para-hydroxylation sites is 1. The van der Waals surface area contributed by atoms with E-state index in [1.807, 2.05) is 12.1 Å². The van der Waals surface area contributed by atoms with Gasteiger partial charge in [0.15, 0.2) is 0 Å². The second-order valence-electron chi connectivity index (χ2n) is 7.21. The Bertz CT molecular complexity index is 864. The number of aliphatic imine (C=N–C) groups is 1. The molecule has 130 valence electrons. The second kappa shape index (κ2) is 6.92. The van der Waals surface area contributed by atoms with Crippen molar-refractivity contribution in [3.8, 4) is 0 Å². The van der Waals surface area contributed by atoms with Crippen LogP contribution < -0.4 is 0 Å². The van der Waals surface area contributed by atoms with E-state index in [9.17, 15) is 0 Å². The van der Waals surface area contributed by atoms with Crippen LogP contribution in [0.3, 0.4) is 0 Å². The number of halogens is 1. The molecule has 1 fully saturated rings. The van der Waals surface area contributed by atoms with Crippen LogP contribution in [0.15, 0.2) is 60.3 Å². The molecule has 2 nitrogen and oxygen atoms in total. The Morgan fingerprint density at radius 2 is 2.20 bits per heavy atom. The van der Waals surface area contributed by atoms with Crippen LogP contribution in [0.25, 0.3) is 10.9 Å². The Kier molecular flexibility index (Phi) is 5.02. The average molecular weight is 371 g/mol. The summed E-state index contributed by atoms with van der Waals surface area (Å²) in [7, 11) is 0. The van der Waals surface area contributed by atoms with E-state index in [0.717, 1.165) is 17.5 Å². The molecular formula is C21H23ClN2S. The summed E-state index contributed by atoms with van der Waals surface area (Å²) >= 11 is 11.8. The zero-order chi connectivity index (χ0) is 18.2. The fraction of sp³-hybridized carbons (Fsp3) is 0.381. The lowest BCUT2D eigenvalue weighted by molar-refractivity contribution is 0.179. The molecule has 25 heavy (non-hydrogen) atoms. The van der Waals surface area contributed by atoms with Crippen LogP contribution in [-0.2, 0) is 0 Å². The van der Waals surface area contributed by atoms with Gasteiger partial charge < -0.3 is 4.98 Å². The van der Waals surface area contributed by atoms with Crippen LogP contribution in [0.4, 0.5) is 0 Å². The minimum atomic E-state index is -0.359. The molecule has 0 aliphatic heterocycles. The minimum Gasteiger partial charge on any atom is -0.361 e. The molecular weight excluding hydrogens is 348 g/mol. The van der Waals surface area contributed by atoms with Gasteiger partial charge in [-0.25, -0.2) is 4.99 Å². The fourth-order valence-corrected chi connectivity index (χ4v) is 4.73. The Labute approximate surface area is 159 Å². The summed E-state index contributed by atoms with van der Waals surface area (Å²) in [5, 5.41) is 3.74. The van der Waals surface area contributed by atoms with Crippen molar-refractivity contribution in [3.63, 3.8) is 0 Å². The third-order valence-corrected chi connectivity index (χ3v) is 6.55. The van der Waals surface area contributed by atoms with E-state index in [-0.39, 0.29) is 28.7 Å². The van der Waals surface area contributed by atoms with Crippen molar-refractivity contribution in [2.45, 2.75) is 37.6 Å². The first-order valence-corrected chi connectivity index (χ1v) is 9.34. The number of nitrogens with zero attached hydrogens (tertiary/aromatic N) is 1. The van der Waals surface area contributed by atoms with Crippen molar-refractivity contribution in [2.75, 3.05) is 0 Å². The number of hydrogen-bond acceptors (Lipinski definition) is 2. The third-order valence-electron chi connectivity index (χ3n) is 5.79. The van der Waals surface area contributed by atoms with Crippen molar-refractivity contribution in [3.05, 3.63) is 60.8 Å². The lowest BCUT2D eigenvalue weighted by Crippen LogP contribution is -2.49. The van der Waals surface area contributed by atoms with Crippen LogP contribution in [0.1, 0.15) is 31.7 Å². The van der Waals surface area contributed by atoms with Gasteiger partial charge in [-0.15, -0.1) is 18.2 Å². The number of H-pyrrole nitrogens is 1. The molecule has 4 heteroatoms. The predicted octanol–water partition coefficient (Wildman–Crippen LogP) is 6.12. The van der Waals surface area contributed by atoms with Gasteiger partial charge in [0.05, 0.1) is 11.2 Å². The summed E-state index contributed by atoms with van der Waals surface area (Å²) in [6, 6.07) is 8.21. The molecule has 1 aromatic carbocycles. The molecule has 1 aliphatic rings. The van der Waals surface area contributed by atoms with E-state index in [4.69, 9.17) is 23.8 Å². The first-order valence-electron chi connectivity index (χ1n) is 8.50. The monoisotopic (exact) mass is 370 g/mol. The SMILES string of the molecule is C=CC1(C)C(Cl)CC(C(=C)C)C(c2c[nH]c3ccccc23)C1N=C=S. The number of fused-ring (bicyclic) bond motifs is 1. The summed E-state index contributed by atoms with van der Waals surface area (Å²) in [4.78, 5) is 7.98. The number of allylic oxidation sites excluding steroid dienone is 1. The zero-order valence-electron chi connectivity index (χ0n) is 14.6. The number of hydrogen-bond donors (Lipinski definition) is 1. The molecule has 1 heterocycles. The Hall–Kier alpha value is -1.67. The number of aromatic nitrogens is 1. The van der Waals surface area contributed by atoms with Crippen molar-refractivity contribution in [1.82, 2.24) is 4.98 Å². The molecule has 1 aromatic heterocycles. The lowest BCUT2D eigenvalue weighted by Gasteiger charge is -2.49. The number of rotatable bonds is 4. The normalized spacial score (nSPS) is 32.1. The van der Waals surface area contributed by atoms with Crippen LogP contribution in [-0.4, -0.2) is 21.6 Å². The van der Waals surface area contributed by atoms with E-state index in [2.05, 4.69) is 66.5 Å². The van der Waals surface area contributed by atoms with E-state index in [0.29, 0.717) is 0 Å². The van der Waals surface area contributed by atoms with Crippen LogP contribution in [0.5, 0.6) is 0 Å². The fourth-order valence-electron chi connectivity index (χ4n) is 4.20. The predicted molar refractivity (Wildman–Crippen MR) is 111 cm³/mol. The third kappa shape index (κ3) is 2.91. The van der Waals surface area contributed by atoms with E-state index in [1.165, 1.54) is 10.9 Å². The van der Waals surface area contributed by atoms with Crippen LogP contribution in [0.2, 0.25) is 0 Å². The first kappa shape index (κ1) is 18.1. The number of nitrogens with one attached hydrogen (secondary N) is 1. The van der Waals surface area contributed by atoms with Gasteiger partial charge in [-0.05, 0) is 43.1 Å². The average Bonchev–Trinajstić information content (AvgIpc) is 3.02. The highest BCUT2D eigenvalue weighted by molar-refractivity contribution is 7.78. The van der Waals surface area contributed by atoms with Crippen LogP contribution >= 0.6 is 23.8 Å². The van der Waals surface area contributed by atoms with Crippen molar-refractivity contribution in [2.24, 2.45) is 16.3 Å². The number of alkyl halides is 1. The van der Waals surface area contributed by atoms with Crippen LogP contribution in [0, 0.1) is 11.3 Å². The maximum Gasteiger partial charge on any atom is 0.0779 e. The highest BCUT2D eigenvalue weighted by Crippen LogP contribution is 2.54. The zero-order valence-corrected chi connectivity index (χ0v) is 16.2. The number of benzene rings is 1. The van der Waals surface area contributed by atoms with E-state index >= 15 is 0 Å². The smallest absolute Gasteiger partial charge is 0.0779 e. The number of thiocarbonyl (C=S) groups is 1. The van der Waals surface area contributed by atoms with Crippen molar-refractivity contribution >= 4 is 39.9 Å². The van der Waals surface area contributed by atoms with Crippen molar-refractivity contribution in [1.29, 1.82) is 0 Å². The van der Waals surface area contributed by atoms with E-state index < -0.39 is 0 Å². The molecule has 1 N–H and O–H groups in total. The molecule has 1 aliphatic carbocycles. The lowest BCUT2D eigenvalue weighted by atomic mass is 9.59. The standard InChI is InChI=1S/C21H23ClN2S/c1-5-21(4)18(22)10-15(13(2)3)19(20(21)24-12-25)16-11-23-17-9-7-6-8-14(16)17/h5-9,11,15,18-20,23H,1-2,10H2,3-4H3. The van der Waals surface area contributed by atoms with Crippen molar-refractivity contribution < 1.29 is 0 Å². The molecule has 5 atom stereocenters. The summed E-state index contributed by atoms with van der Waals surface area (Å²) in [5.74, 6) is 0.355. The van der Waals surface area contributed by atoms with Gasteiger partial charge in [-0.3, -0.25) is 0 Å². The highest BCUT2D eigenvalue weighted by atomic mass is 35.5. The summed E-state index contributed by atoms with van der Waals surface area (Å²) < 4.78 is 0. The van der Waals surface area contributed by atoms with Gasteiger partial charge in [0.25, 0.3) is 0 Å². The Morgan fingerprint density at radius 3 is 2.84 bits per heavy atom. The molecule has 0 radical (unpaired) electrons. The highest BCUT2D eigenvalue weighted by Gasteiger charge is 2.51. The molecule has 0 spiro atoms. The minimum absolute atomic E-state index is 0.0785. The van der Waals surface area contributed by atoms with Gasteiger partial charge in [-0.1, -0.05) is 43.4 Å². The molecule has 5 unspecified atom stereocenters. The molecule has 1 saturated carbocycles. The molecule has 0 amide bonds. The number of isothiocyanates is 1. The maximum atomic E-state index is 6.80. The largest absolute Gasteiger partial charge is 0.361 e. The second-order valence-corrected chi connectivity index (χ2v) is 7.92. The molecule has 2 aromatic rings. The summed E-state index contributed by atoms with van der Waals surface area (Å²) in [5.41, 5.74) is 3.12. The molecule has 3 rings (SSSR count). The van der Waals surface area contributed by atoms with Gasteiger partial charge in [0, 0.05) is 33.8 Å².